The summed E-state index contributed by atoms with van der Waals surface area (Å²) in [6, 6.07) is -0.793. The van der Waals surface area contributed by atoms with Gasteiger partial charge in [-0.05, 0) is 20.0 Å². The number of urea groups is 1. The minimum Gasteiger partial charge on any atom is -0.338 e. The Balaban J connectivity index is 3.38. The average Bonchev–Trinajstić information content (AvgIpc) is 2.08. The van der Waals surface area contributed by atoms with Gasteiger partial charge in [-0.15, -0.1) is 0 Å². The summed E-state index contributed by atoms with van der Waals surface area (Å²) in [5.74, 6) is 0. The molecule has 0 rings (SSSR count). The molecule has 0 radical (unpaired) electrons. The Morgan fingerprint density at radius 2 is 1.86 bits per heavy atom. The summed E-state index contributed by atoms with van der Waals surface area (Å²) in [5.41, 5.74) is 0. The van der Waals surface area contributed by atoms with Gasteiger partial charge in [-0.3, -0.25) is 0 Å². The minimum absolute atomic E-state index is 0.352. The van der Waals surface area contributed by atoms with Gasteiger partial charge in [0, 0.05) is 6.54 Å². The molecule has 0 aromatic carbocycles. The topological polar surface area (TPSA) is 53.2 Å². The summed E-state index contributed by atoms with van der Waals surface area (Å²) in [6.45, 7) is -0.241. The van der Waals surface area contributed by atoms with Gasteiger partial charge in [0.1, 0.15) is 6.54 Å². The van der Waals surface area contributed by atoms with Crippen LogP contribution < -0.4 is 16.0 Å². The highest BCUT2D eigenvalue weighted by Crippen LogP contribution is 2.11. The van der Waals surface area contributed by atoms with E-state index in [-0.39, 0.29) is 0 Å². The largest absolute Gasteiger partial charge is 0.405 e. The monoisotopic (exact) mass is 213 g/mol. The van der Waals surface area contributed by atoms with Gasteiger partial charge < -0.3 is 16.0 Å². The highest BCUT2D eigenvalue weighted by atomic mass is 19.4. The molecule has 3 N–H and O–H groups in total. The van der Waals surface area contributed by atoms with Gasteiger partial charge in [-0.1, -0.05) is 0 Å². The fourth-order valence-corrected chi connectivity index (χ4v) is 0.710. The second-order valence-electron chi connectivity index (χ2n) is 2.68. The van der Waals surface area contributed by atoms with Crippen molar-refractivity contribution in [2.24, 2.45) is 0 Å². The normalized spacial score (nSPS) is 11.1. The van der Waals surface area contributed by atoms with Gasteiger partial charge in [-0.2, -0.15) is 13.2 Å². The maximum absolute atomic E-state index is 11.6. The Bertz CT molecular complexity index is 172. The zero-order valence-electron chi connectivity index (χ0n) is 7.87. The zero-order chi connectivity index (χ0) is 11.0. The van der Waals surface area contributed by atoms with E-state index in [1.165, 1.54) is 0 Å². The van der Waals surface area contributed by atoms with Crippen LogP contribution in [0, 0.1) is 0 Å². The van der Waals surface area contributed by atoms with E-state index in [4.69, 9.17) is 0 Å². The molecule has 84 valence electrons. The highest BCUT2D eigenvalue weighted by Gasteiger charge is 2.27. The molecule has 7 heteroatoms. The number of rotatable bonds is 5. The second-order valence-corrected chi connectivity index (χ2v) is 2.68. The Labute approximate surface area is 80.2 Å². The minimum atomic E-state index is -4.36. The van der Waals surface area contributed by atoms with Crippen LogP contribution in [0.5, 0.6) is 0 Å². The standard InChI is InChI=1S/C7H14F3N3O/c1-11-3-2-4-12-6(14)13-5-7(8,9)10/h11H,2-5H2,1H3,(H2,12,13,14). The van der Waals surface area contributed by atoms with E-state index in [0.717, 1.165) is 0 Å². The number of hydrogen-bond acceptors (Lipinski definition) is 2. The smallest absolute Gasteiger partial charge is 0.338 e. The van der Waals surface area contributed by atoms with Crippen LogP contribution in [0.15, 0.2) is 0 Å². The summed E-state index contributed by atoms with van der Waals surface area (Å²) >= 11 is 0. The van der Waals surface area contributed by atoms with E-state index in [9.17, 15) is 18.0 Å². The number of alkyl halides is 3. The first-order valence-electron chi connectivity index (χ1n) is 4.19. The van der Waals surface area contributed by atoms with Crippen molar-refractivity contribution < 1.29 is 18.0 Å². The molecule has 0 aromatic rings. The molecule has 0 saturated carbocycles. The molecule has 14 heavy (non-hydrogen) atoms. The van der Waals surface area contributed by atoms with Crippen molar-refractivity contribution in [3.63, 3.8) is 0 Å². The van der Waals surface area contributed by atoms with Crippen LogP contribution >= 0.6 is 0 Å². The Morgan fingerprint density at radius 1 is 1.21 bits per heavy atom. The van der Waals surface area contributed by atoms with Crippen molar-refractivity contribution in [2.45, 2.75) is 12.6 Å². The summed E-state index contributed by atoms with van der Waals surface area (Å²) in [4.78, 5) is 10.7. The maximum atomic E-state index is 11.6. The SMILES string of the molecule is CNCCCNC(=O)NCC(F)(F)F. The lowest BCUT2D eigenvalue weighted by Gasteiger charge is -2.09. The summed E-state index contributed by atoms with van der Waals surface area (Å²) in [7, 11) is 1.75. The number of carbonyl (C=O) groups excluding carboxylic acids is 1. The third-order valence-corrected chi connectivity index (χ3v) is 1.34. The van der Waals surface area contributed by atoms with Gasteiger partial charge >= 0.3 is 12.2 Å². The Kier molecular flexibility index (Phi) is 6.02. The lowest BCUT2D eigenvalue weighted by atomic mass is 10.4. The molecular formula is C7H14F3N3O. The van der Waals surface area contributed by atoms with Crippen LogP contribution in [0.25, 0.3) is 0 Å². The van der Waals surface area contributed by atoms with Crippen LogP contribution in [-0.4, -0.2) is 38.9 Å². The molecule has 0 atom stereocenters. The van der Waals surface area contributed by atoms with E-state index < -0.39 is 18.8 Å². The second kappa shape index (κ2) is 6.47. The number of amides is 2. The molecule has 0 bridgehead atoms. The van der Waals surface area contributed by atoms with Crippen molar-refractivity contribution in [3.8, 4) is 0 Å². The number of nitrogens with one attached hydrogen (secondary N) is 3. The molecule has 0 fully saturated rings. The van der Waals surface area contributed by atoms with Gasteiger partial charge in [0.05, 0.1) is 0 Å². The first kappa shape index (κ1) is 13.0. The molecule has 0 aliphatic rings. The highest BCUT2D eigenvalue weighted by molar-refractivity contribution is 5.73. The molecule has 4 nitrogen and oxygen atoms in total. The van der Waals surface area contributed by atoms with Crippen molar-refractivity contribution >= 4 is 6.03 Å². The van der Waals surface area contributed by atoms with Gasteiger partial charge in [0.2, 0.25) is 0 Å². The molecule has 0 unspecified atom stereocenters. The third-order valence-electron chi connectivity index (χ3n) is 1.34. The summed E-state index contributed by atoms with van der Waals surface area (Å²) in [6.07, 6.45) is -3.68. The van der Waals surface area contributed by atoms with Gasteiger partial charge in [0.15, 0.2) is 0 Å². The lowest BCUT2D eigenvalue weighted by Crippen LogP contribution is -2.41. The van der Waals surface area contributed by atoms with Gasteiger partial charge in [0.25, 0.3) is 0 Å². The Morgan fingerprint density at radius 3 is 2.36 bits per heavy atom. The molecule has 0 aliphatic heterocycles. The number of hydrogen-bond donors (Lipinski definition) is 3. The average molecular weight is 213 g/mol. The number of carbonyl (C=O) groups is 1. The molecule has 0 heterocycles. The first-order chi connectivity index (χ1) is 6.45. The quantitative estimate of drug-likeness (QED) is 0.581. The van der Waals surface area contributed by atoms with Crippen LogP contribution in [0.3, 0.4) is 0 Å². The van der Waals surface area contributed by atoms with Crippen LogP contribution in [0.1, 0.15) is 6.42 Å². The molecule has 0 aliphatic carbocycles. The Hall–Kier alpha value is -0.980. The molecule has 0 aromatic heterocycles. The van der Waals surface area contributed by atoms with E-state index in [2.05, 4.69) is 10.6 Å². The van der Waals surface area contributed by atoms with Gasteiger partial charge in [-0.25, -0.2) is 4.79 Å². The summed E-state index contributed by atoms with van der Waals surface area (Å²) in [5, 5.41) is 6.85. The first-order valence-corrected chi connectivity index (χ1v) is 4.19. The van der Waals surface area contributed by atoms with E-state index >= 15 is 0 Å². The van der Waals surface area contributed by atoms with Crippen LogP contribution in [-0.2, 0) is 0 Å². The lowest BCUT2D eigenvalue weighted by molar-refractivity contribution is -0.122. The zero-order valence-corrected chi connectivity index (χ0v) is 7.87. The molecular weight excluding hydrogens is 199 g/mol. The van der Waals surface area contributed by atoms with Crippen molar-refractivity contribution in [2.75, 3.05) is 26.7 Å². The van der Waals surface area contributed by atoms with Crippen molar-refractivity contribution in [1.29, 1.82) is 0 Å². The number of halogens is 3. The van der Waals surface area contributed by atoms with E-state index in [0.29, 0.717) is 19.5 Å². The maximum Gasteiger partial charge on any atom is 0.405 e. The van der Waals surface area contributed by atoms with Crippen LogP contribution in [0.4, 0.5) is 18.0 Å². The fraction of sp³-hybridized carbons (Fsp3) is 0.857. The fourth-order valence-electron chi connectivity index (χ4n) is 0.710. The van der Waals surface area contributed by atoms with Crippen molar-refractivity contribution in [3.05, 3.63) is 0 Å². The molecule has 2 amide bonds. The summed E-state index contributed by atoms with van der Waals surface area (Å²) < 4.78 is 34.8. The molecule has 0 saturated heterocycles. The molecule has 0 spiro atoms. The predicted molar refractivity (Wildman–Crippen MR) is 46.0 cm³/mol. The van der Waals surface area contributed by atoms with E-state index in [1.54, 1.807) is 12.4 Å². The van der Waals surface area contributed by atoms with E-state index in [1.807, 2.05) is 0 Å². The van der Waals surface area contributed by atoms with Crippen molar-refractivity contribution in [1.82, 2.24) is 16.0 Å². The third kappa shape index (κ3) is 9.11. The van der Waals surface area contributed by atoms with Crippen LogP contribution in [0.2, 0.25) is 0 Å². The predicted octanol–water partition coefficient (Wildman–Crippen LogP) is 0.457.